The van der Waals surface area contributed by atoms with E-state index >= 15 is 0 Å². The number of carbonyl (C=O) groups excluding carboxylic acids is 1. The van der Waals surface area contributed by atoms with Gasteiger partial charge < -0.3 is 19.9 Å². The Morgan fingerprint density at radius 3 is 2.82 bits per heavy atom. The molecule has 1 aromatic rings. The minimum absolute atomic E-state index is 0.0770. The van der Waals surface area contributed by atoms with Crippen molar-refractivity contribution in [3.8, 4) is 11.5 Å². The van der Waals surface area contributed by atoms with Crippen LogP contribution in [0.4, 0.5) is 0 Å². The summed E-state index contributed by atoms with van der Waals surface area (Å²) in [5.74, 6) is 0.477. The maximum Gasteiger partial charge on any atom is 0.346 e. The third-order valence-corrected chi connectivity index (χ3v) is 2.58. The van der Waals surface area contributed by atoms with Crippen LogP contribution in [0.2, 0.25) is 0 Å². The molecule has 0 saturated heterocycles. The molecular weight excluding hydrogens is 306 g/mol. The smallest absolute Gasteiger partial charge is 0.346 e. The highest BCUT2D eigenvalue weighted by Gasteiger charge is 2.17. The maximum absolute atomic E-state index is 11.4. The van der Waals surface area contributed by atoms with Gasteiger partial charge in [-0.25, -0.2) is 4.79 Å². The molecule has 0 saturated carbocycles. The molecule has 0 bridgehead atoms. The number of methoxy groups -OCH3 is 1. The summed E-state index contributed by atoms with van der Waals surface area (Å²) in [7, 11) is 1.31. The molecule has 120 valence electrons. The lowest BCUT2D eigenvalue weighted by Crippen LogP contribution is -2.25. The van der Waals surface area contributed by atoms with Crippen molar-refractivity contribution in [2.75, 3.05) is 13.7 Å². The van der Waals surface area contributed by atoms with Crippen molar-refractivity contribution in [1.29, 1.82) is 0 Å². The fourth-order valence-corrected chi connectivity index (χ4v) is 1.60. The molecule has 0 fully saturated rings. The molecule has 7 nitrogen and oxygen atoms in total. The Bertz CT molecular complexity index is 563. The van der Waals surface area contributed by atoms with E-state index < -0.39 is 12.1 Å². The highest BCUT2D eigenvalue weighted by Crippen LogP contribution is 2.29. The lowest BCUT2D eigenvalue weighted by Gasteiger charge is -2.16. The predicted molar refractivity (Wildman–Crippen MR) is 87.2 cm³/mol. The van der Waals surface area contributed by atoms with Gasteiger partial charge in [0, 0.05) is 0 Å². The largest absolute Gasteiger partial charge is 0.490 e. The van der Waals surface area contributed by atoms with E-state index in [1.807, 2.05) is 6.92 Å². The van der Waals surface area contributed by atoms with Crippen LogP contribution in [0.15, 0.2) is 23.3 Å². The van der Waals surface area contributed by atoms with Gasteiger partial charge in [0.15, 0.2) is 22.7 Å². The normalized spacial score (nSPS) is 11.8. The van der Waals surface area contributed by atoms with Crippen LogP contribution in [0.25, 0.3) is 0 Å². The van der Waals surface area contributed by atoms with E-state index in [2.05, 4.69) is 27.5 Å². The van der Waals surface area contributed by atoms with Crippen molar-refractivity contribution in [1.82, 2.24) is 5.43 Å². The molecule has 3 N–H and O–H groups in total. The van der Waals surface area contributed by atoms with Gasteiger partial charge in [0.05, 0.1) is 19.9 Å². The number of benzene rings is 1. The summed E-state index contributed by atoms with van der Waals surface area (Å²) in [6.07, 6.45) is 0.801. The number of rotatable bonds is 7. The number of carbonyl (C=O) groups is 1. The molecule has 1 rings (SSSR count). The molecule has 1 aromatic carbocycles. The molecule has 0 amide bonds. The van der Waals surface area contributed by atoms with E-state index in [-0.39, 0.29) is 5.11 Å². The van der Waals surface area contributed by atoms with Crippen LogP contribution in [-0.2, 0) is 9.53 Å². The van der Waals surface area contributed by atoms with Gasteiger partial charge in [-0.15, -0.1) is 0 Å². The molecule has 8 heteroatoms. The van der Waals surface area contributed by atoms with Crippen LogP contribution < -0.4 is 20.6 Å². The Balaban J connectivity index is 2.92. The standard InChI is InChI=1S/C14H19N3O4S/c1-4-20-12-7-10(8-16-17-14(15)22)5-6-11(12)21-9(2)13(18)19-3/h5-9H,4H2,1-3H3,(H3,15,17,22). The molecule has 0 aromatic heterocycles. The molecular formula is C14H19N3O4S. The number of esters is 1. The van der Waals surface area contributed by atoms with Crippen LogP contribution in [-0.4, -0.2) is 37.1 Å². The fraction of sp³-hybridized carbons (Fsp3) is 0.357. The van der Waals surface area contributed by atoms with Crippen LogP contribution in [0, 0.1) is 0 Å². The highest BCUT2D eigenvalue weighted by molar-refractivity contribution is 7.80. The highest BCUT2D eigenvalue weighted by atomic mass is 32.1. The third kappa shape index (κ3) is 5.57. The Kier molecular flexibility index (Phi) is 7.11. The Labute approximate surface area is 134 Å². The van der Waals surface area contributed by atoms with Crippen LogP contribution >= 0.6 is 12.2 Å². The number of hydrogen-bond donors (Lipinski definition) is 2. The molecule has 0 aliphatic heterocycles. The zero-order valence-electron chi connectivity index (χ0n) is 12.7. The molecule has 1 atom stereocenters. The van der Waals surface area contributed by atoms with Crippen LogP contribution in [0.3, 0.4) is 0 Å². The third-order valence-electron chi connectivity index (χ3n) is 2.49. The SMILES string of the molecule is CCOc1cc(C=NNC(N)=S)ccc1OC(C)C(=O)OC. The van der Waals surface area contributed by atoms with Crippen molar-refractivity contribution in [2.45, 2.75) is 20.0 Å². The maximum atomic E-state index is 11.4. The van der Waals surface area contributed by atoms with Crippen molar-refractivity contribution >= 4 is 29.5 Å². The predicted octanol–water partition coefficient (Wildman–Crippen LogP) is 1.19. The molecule has 0 spiro atoms. The van der Waals surface area contributed by atoms with Gasteiger partial charge in [-0.3, -0.25) is 5.43 Å². The molecule has 0 aliphatic carbocycles. The van der Waals surface area contributed by atoms with Crippen LogP contribution in [0.5, 0.6) is 11.5 Å². The van der Waals surface area contributed by atoms with E-state index in [1.54, 1.807) is 25.1 Å². The van der Waals surface area contributed by atoms with Gasteiger partial charge in [0.2, 0.25) is 0 Å². The Hall–Kier alpha value is -2.35. The molecule has 0 aliphatic rings. The summed E-state index contributed by atoms with van der Waals surface area (Å²) in [5, 5.41) is 3.94. The second kappa shape index (κ2) is 8.83. The summed E-state index contributed by atoms with van der Waals surface area (Å²) in [5.41, 5.74) is 8.49. The second-order valence-electron chi connectivity index (χ2n) is 4.16. The Morgan fingerprint density at radius 2 is 2.23 bits per heavy atom. The van der Waals surface area contributed by atoms with Gasteiger partial charge >= 0.3 is 5.97 Å². The van der Waals surface area contributed by atoms with E-state index in [4.69, 9.17) is 15.2 Å². The van der Waals surface area contributed by atoms with Gasteiger partial charge in [0.25, 0.3) is 0 Å². The average molecular weight is 325 g/mol. The minimum Gasteiger partial charge on any atom is -0.490 e. The van der Waals surface area contributed by atoms with Crippen molar-refractivity contribution in [2.24, 2.45) is 10.8 Å². The Morgan fingerprint density at radius 1 is 1.50 bits per heavy atom. The van der Waals surface area contributed by atoms with Gasteiger partial charge in [-0.2, -0.15) is 5.10 Å². The topological polar surface area (TPSA) is 95.2 Å². The van der Waals surface area contributed by atoms with Gasteiger partial charge in [-0.1, -0.05) is 0 Å². The summed E-state index contributed by atoms with van der Waals surface area (Å²) < 4.78 is 15.7. The first-order valence-electron chi connectivity index (χ1n) is 6.57. The number of thiocarbonyl (C=S) groups is 1. The molecule has 0 heterocycles. The number of nitrogens with zero attached hydrogens (tertiary/aromatic N) is 1. The van der Waals surface area contributed by atoms with E-state index in [0.717, 1.165) is 5.56 Å². The second-order valence-corrected chi connectivity index (χ2v) is 4.60. The fourth-order valence-electron chi connectivity index (χ4n) is 1.55. The van der Waals surface area contributed by atoms with Crippen molar-refractivity contribution in [3.05, 3.63) is 23.8 Å². The molecule has 0 radical (unpaired) electrons. The summed E-state index contributed by atoms with van der Waals surface area (Å²) in [4.78, 5) is 11.4. The number of hydrazone groups is 1. The summed E-state index contributed by atoms with van der Waals surface area (Å²) >= 11 is 4.65. The number of ether oxygens (including phenoxy) is 3. The number of nitrogens with two attached hydrogens (primary N) is 1. The van der Waals surface area contributed by atoms with Crippen molar-refractivity contribution < 1.29 is 19.0 Å². The minimum atomic E-state index is -0.736. The van der Waals surface area contributed by atoms with E-state index in [0.29, 0.717) is 18.1 Å². The van der Waals surface area contributed by atoms with Gasteiger partial charge in [-0.05, 0) is 49.8 Å². The first-order valence-corrected chi connectivity index (χ1v) is 6.98. The summed E-state index contributed by atoms with van der Waals surface area (Å²) in [6.45, 7) is 3.90. The number of nitrogens with one attached hydrogen (secondary N) is 1. The first-order chi connectivity index (χ1) is 10.5. The average Bonchev–Trinajstić information content (AvgIpc) is 2.48. The van der Waals surface area contributed by atoms with Crippen LogP contribution in [0.1, 0.15) is 19.4 Å². The van der Waals surface area contributed by atoms with Gasteiger partial charge in [0.1, 0.15) is 0 Å². The molecule has 1 unspecified atom stereocenters. The van der Waals surface area contributed by atoms with Crippen molar-refractivity contribution in [3.63, 3.8) is 0 Å². The first kappa shape index (κ1) is 17.7. The summed E-state index contributed by atoms with van der Waals surface area (Å²) in [6, 6.07) is 5.17. The zero-order valence-corrected chi connectivity index (χ0v) is 13.5. The monoisotopic (exact) mass is 325 g/mol. The lowest BCUT2D eigenvalue weighted by molar-refractivity contribution is -0.147. The number of hydrogen-bond acceptors (Lipinski definition) is 6. The lowest BCUT2D eigenvalue weighted by atomic mass is 10.2. The quantitative estimate of drug-likeness (QED) is 0.336. The molecule has 22 heavy (non-hydrogen) atoms. The zero-order chi connectivity index (χ0) is 16.5. The van der Waals surface area contributed by atoms with E-state index in [1.165, 1.54) is 13.3 Å². The van der Waals surface area contributed by atoms with E-state index in [9.17, 15) is 4.79 Å².